The van der Waals surface area contributed by atoms with E-state index in [4.69, 9.17) is 4.74 Å². The number of rotatable bonds is 4. The van der Waals surface area contributed by atoms with E-state index in [1.807, 2.05) is 0 Å². The van der Waals surface area contributed by atoms with E-state index in [1.165, 1.54) is 0 Å². The van der Waals surface area contributed by atoms with Crippen LogP contribution in [0.15, 0.2) is 24.3 Å². The first kappa shape index (κ1) is 17.4. The second-order valence-electron chi connectivity index (χ2n) is 6.36. The Kier molecular flexibility index (Phi) is 5.00. The molecule has 1 aromatic carbocycles. The first-order valence-corrected chi connectivity index (χ1v) is 8.27. The zero-order valence-electron chi connectivity index (χ0n) is 13.8. The predicted octanol–water partition coefficient (Wildman–Crippen LogP) is 0.0195. The number of ether oxygens (including phenoxy) is 1. The van der Waals surface area contributed by atoms with Crippen LogP contribution in [-0.2, 0) is 19.1 Å². The minimum absolute atomic E-state index is 0.0401. The quantitative estimate of drug-likeness (QED) is 0.666. The summed E-state index contributed by atoms with van der Waals surface area (Å²) in [6, 6.07) is 6.81. The molecule has 0 radical (unpaired) electrons. The number of carbonyl (C=O) groups is 3. The third kappa shape index (κ3) is 4.15. The van der Waals surface area contributed by atoms with Crippen LogP contribution in [0, 0.1) is 0 Å². The third-order valence-corrected chi connectivity index (χ3v) is 4.36. The molecule has 3 amide bonds. The number of nitrogens with zero attached hydrogens (tertiary/aromatic N) is 1. The van der Waals surface area contributed by atoms with Gasteiger partial charge in [-0.3, -0.25) is 14.4 Å². The standard InChI is InChI=1S/C17H21N3O5/c21-14-5-2-7-20(14)13-4-1-3-12(9-13)19-16(23)15(22)18-10-17(24)6-8-25-11-17/h1,3-4,9,24H,2,5-8,10-11H2,(H,18,22)(H,19,23)/t17-/m0/s1. The lowest BCUT2D eigenvalue weighted by molar-refractivity contribution is -0.136. The molecule has 1 aromatic rings. The minimum atomic E-state index is -1.12. The third-order valence-electron chi connectivity index (χ3n) is 4.36. The number of anilines is 2. The molecule has 2 fully saturated rings. The summed E-state index contributed by atoms with van der Waals surface area (Å²) in [5, 5.41) is 15.0. The van der Waals surface area contributed by atoms with Crippen molar-refractivity contribution in [1.29, 1.82) is 0 Å². The summed E-state index contributed by atoms with van der Waals surface area (Å²) in [6.07, 6.45) is 1.75. The highest BCUT2D eigenvalue weighted by atomic mass is 16.5. The molecular weight excluding hydrogens is 326 g/mol. The number of aliphatic hydroxyl groups is 1. The topological polar surface area (TPSA) is 108 Å². The molecule has 0 spiro atoms. The van der Waals surface area contributed by atoms with E-state index in [9.17, 15) is 19.5 Å². The molecule has 0 unspecified atom stereocenters. The average molecular weight is 347 g/mol. The van der Waals surface area contributed by atoms with Crippen molar-refractivity contribution >= 4 is 29.1 Å². The molecule has 2 aliphatic heterocycles. The summed E-state index contributed by atoms with van der Waals surface area (Å²) in [4.78, 5) is 37.4. The number of carbonyl (C=O) groups excluding carboxylic acids is 3. The lowest BCUT2D eigenvalue weighted by Crippen LogP contribution is -2.46. The van der Waals surface area contributed by atoms with Crippen LogP contribution in [-0.4, -0.2) is 54.7 Å². The fourth-order valence-corrected chi connectivity index (χ4v) is 2.92. The Morgan fingerprint density at radius 3 is 2.84 bits per heavy atom. The van der Waals surface area contributed by atoms with Crippen LogP contribution in [0.4, 0.5) is 11.4 Å². The Morgan fingerprint density at radius 1 is 1.32 bits per heavy atom. The molecule has 0 saturated carbocycles. The van der Waals surface area contributed by atoms with E-state index in [0.29, 0.717) is 37.4 Å². The van der Waals surface area contributed by atoms with Crippen LogP contribution >= 0.6 is 0 Å². The van der Waals surface area contributed by atoms with Crippen LogP contribution in [0.1, 0.15) is 19.3 Å². The number of hydrogen-bond donors (Lipinski definition) is 3. The lowest BCUT2D eigenvalue weighted by atomic mass is 10.0. The average Bonchev–Trinajstić information content (AvgIpc) is 3.22. The van der Waals surface area contributed by atoms with Gasteiger partial charge in [-0.2, -0.15) is 0 Å². The van der Waals surface area contributed by atoms with E-state index in [0.717, 1.165) is 6.42 Å². The van der Waals surface area contributed by atoms with Crippen LogP contribution in [0.5, 0.6) is 0 Å². The minimum Gasteiger partial charge on any atom is -0.386 e. The number of hydrogen-bond acceptors (Lipinski definition) is 5. The van der Waals surface area contributed by atoms with Crippen molar-refractivity contribution in [3.05, 3.63) is 24.3 Å². The highest BCUT2D eigenvalue weighted by Crippen LogP contribution is 2.24. The highest BCUT2D eigenvalue weighted by Gasteiger charge is 2.33. The molecule has 0 aliphatic carbocycles. The summed E-state index contributed by atoms with van der Waals surface area (Å²) in [5.41, 5.74) is 0.00443. The maximum Gasteiger partial charge on any atom is 0.313 e. The molecule has 0 bridgehead atoms. The van der Waals surface area contributed by atoms with E-state index >= 15 is 0 Å². The van der Waals surface area contributed by atoms with Crippen molar-refractivity contribution in [3.8, 4) is 0 Å². The van der Waals surface area contributed by atoms with Crippen LogP contribution in [0.25, 0.3) is 0 Å². The van der Waals surface area contributed by atoms with E-state index in [2.05, 4.69) is 10.6 Å². The molecule has 2 heterocycles. The zero-order chi connectivity index (χ0) is 17.9. The Bertz CT molecular complexity index is 685. The normalized spacial score (nSPS) is 22.9. The van der Waals surface area contributed by atoms with Gasteiger partial charge >= 0.3 is 11.8 Å². The second-order valence-corrected chi connectivity index (χ2v) is 6.36. The van der Waals surface area contributed by atoms with E-state index < -0.39 is 17.4 Å². The van der Waals surface area contributed by atoms with E-state index in [1.54, 1.807) is 29.2 Å². The van der Waals surface area contributed by atoms with Gasteiger partial charge in [0.2, 0.25) is 5.91 Å². The predicted molar refractivity (Wildman–Crippen MR) is 90.1 cm³/mol. The summed E-state index contributed by atoms with van der Waals surface area (Å²) >= 11 is 0. The Morgan fingerprint density at radius 2 is 2.16 bits per heavy atom. The molecule has 1 atom stereocenters. The number of nitrogens with one attached hydrogen (secondary N) is 2. The molecule has 2 saturated heterocycles. The van der Waals surface area contributed by atoms with Gasteiger partial charge in [-0.25, -0.2) is 0 Å². The van der Waals surface area contributed by atoms with Crippen molar-refractivity contribution in [1.82, 2.24) is 5.32 Å². The summed E-state index contributed by atoms with van der Waals surface area (Å²) in [5.74, 6) is -1.61. The van der Waals surface area contributed by atoms with Crippen LogP contribution < -0.4 is 15.5 Å². The largest absolute Gasteiger partial charge is 0.386 e. The van der Waals surface area contributed by atoms with E-state index in [-0.39, 0.29) is 19.1 Å². The molecular formula is C17H21N3O5. The Labute approximate surface area is 145 Å². The molecule has 0 aromatic heterocycles. The summed E-state index contributed by atoms with van der Waals surface area (Å²) in [6.45, 7) is 1.18. The zero-order valence-corrected chi connectivity index (χ0v) is 13.8. The van der Waals surface area contributed by atoms with Crippen molar-refractivity contribution in [2.75, 3.05) is 36.5 Å². The summed E-state index contributed by atoms with van der Waals surface area (Å²) < 4.78 is 5.09. The van der Waals surface area contributed by atoms with Crippen molar-refractivity contribution < 1.29 is 24.2 Å². The van der Waals surface area contributed by atoms with Crippen molar-refractivity contribution in [2.45, 2.75) is 24.9 Å². The first-order valence-electron chi connectivity index (χ1n) is 8.27. The van der Waals surface area contributed by atoms with Gasteiger partial charge in [0.25, 0.3) is 0 Å². The van der Waals surface area contributed by atoms with Gasteiger partial charge in [-0.15, -0.1) is 0 Å². The fraction of sp³-hybridized carbons (Fsp3) is 0.471. The molecule has 3 N–H and O–H groups in total. The fourth-order valence-electron chi connectivity index (χ4n) is 2.92. The molecule has 2 aliphatic rings. The second kappa shape index (κ2) is 7.20. The lowest BCUT2D eigenvalue weighted by Gasteiger charge is -2.20. The van der Waals surface area contributed by atoms with Gasteiger partial charge < -0.3 is 25.4 Å². The van der Waals surface area contributed by atoms with Gasteiger partial charge in [0.1, 0.15) is 5.60 Å². The van der Waals surface area contributed by atoms with Gasteiger partial charge in [0.05, 0.1) is 6.61 Å². The first-order chi connectivity index (χ1) is 12.0. The van der Waals surface area contributed by atoms with Crippen molar-refractivity contribution in [2.24, 2.45) is 0 Å². The SMILES string of the molecule is O=C(NC[C@@]1(O)CCOC1)C(=O)Nc1cccc(N2CCCC2=O)c1. The Balaban J connectivity index is 1.57. The van der Waals surface area contributed by atoms with Crippen molar-refractivity contribution in [3.63, 3.8) is 0 Å². The van der Waals surface area contributed by atoms with Gasteiger partial charge in [-0.1, -0.05) is 6.07 Å². The molecule has 8 heteroatoms. The molecule has 8 nitrogen and oxygen atoms in total. The smallest absolute Gasteiger partial charge is 0.313 e. The molecule has 25 heavy (non-hydrogen) atoms. The monoisotopic (exact) mass is 347 g/mol. The van der Waals surface area contributed by atoms with Gasteiger partial charge in [0, 0.05) is 43.9 Å². The van der Waals surface area contributed by atoms with Gasteiger partial charge in [0.15, 0.2) is 0 Å². The Hall–Kier alpha value is -2.45. The van der Waals surface area contributed by atoms with Gasteiger partial charge in [-0.05, 0) is 24.6 Å². The maximum atomic E-state index is 12.0. The van der Waals surface area contributed by atoms with Crippen LogP contribution in [0.3, 0.4) is 0 Å². The number of benzene rings is 1. The maximum absolute atomic E-state index is 12.0. The van der Waals surface area contributed by atoms with Crippen LogP contribution in [0.2, 0.25) is 0 Å². The number of amides is 3. The molecule has 134 valence electrons. The highest BCUT2D eigenvalue weighted by molar-refractivity contribution is 6.39. The summed E-state index contributed by atoms with van der Waals surface area (Å²) in [7, 11) is 0. The molecule has 3 rings (SSSR count).